The van der Waals surface area contributed by atoms with Gasteiger partial charge < -0.3 is 14.6 Å². The molecule has 1 rings (SSSR count). The van der Waals surface area contributed by atoms with Crippen LogP contribution in [0, 0.1) is 11.8 Å². The topological polar surface area (TPSA) is 38.7 Å². The Labute approximate surface area is 109 Å². The summed E-state index contributed by atoms with van der Waals surface area (Å²) in [7, 11) is 1.69. The third kappa shape index (κ3) is 6.41. The van der Waals surface area contributed by atoms with Crippen LogP contribution in [0.15, 0.2) is 24.3 Å². The molecule has 98 valence electrons. The maximum atomic E-state index is 8.62. The molecular weight excluding hydrogens is 228 g/mol. The summed E-state index contributed by atoms with van der Waals surface area (Å²) in [5.41, 5.74) is 2.10. The Morgan fingerprint density at radius 2 is 1.94 bits per heavy atom. The summed E-state index contributed by atoms with van der Waals surface area (Å²) in [4.78, 5) is 0. The van der Waals surface area contributed by atoms with E-state index in [0.717, 1.165) is 24.2 Å². The molecule has 0 bridgehead atoms. The highest BCUT2D eigenvalue weighted by Gasteiger charge is 1.94. The second-order valence-electron chi connectivity index (χ2n) is 3.87. The van der Waals surface area contributed by atoms with Gasteiger partial charge in [-0.1, -0.05) is 24.0 Å². The lowest BCUT2D eigenvalue weighted by atomic mass is 10.1. The van der Waals surface area contributed by atoms with Crippen LogP contribution in [0.3, 0.4) is 0 Å². The maximum absolute atomic E-state index is 8.62. The Morgan fingerprint density at radius 1 is 1.17 bits per heavy atom. The van der Waals surface area contributed by atoms with Crippen LogP contribution in [0.25, 0.3) is 0 Å². The lowest BCUT2D eigenvalue weighted by Gasteiger charge is -2.04. The van der Waals surface area contributed by atoms with Crippen LogP contribution in [0.1, 0.15) is 24.0 Å². The van der Waals surface area contributed by atoms with Crippen LogP contribution in [-0.4, -0.2) is 32.0 Å². The summed E-state index contributed by atoms with van der Waals surface area (Å²) in [5.74, 6) is 5.88. The van der Waals surface area contributed by atoms with Gasteiger partial charge in [0.1, 0.15) is 0 Å². The first-order chi connectivity index (χ1) is 8.86. The molecule has 1 aromatic carbocycles. The van der Waals surface area contributed by atoms with Crippen LogP contribution in [0.4, 0.5) is 0 Å². The zero-order valence-corrected chi connectivity index (χ0v) is 10.8. The second-order valence-corrected chi connectivity index (χ2v) is 3.87. The van der Waals surface area contributed by atoms with E-state index in [-0.39, 0.29) is 6.61 Å². The van der Waals surface area contributed by atoms with Crippen molar-refractivity contribution in [2.75, 3.05) is 26.9 Å². The fourth-order valence-corrected chi connectivity index (χ4v) is 1.40. The predicted octanol–water partition coefficient (Wildman–Crippen LogP) is 1.97. The van der Waals surface area contributed by atoms with E-state index in [4.69, 9.17) is 14.6 Å². The molecule has 0 spiro atoms. The van der Waals surface area contributed by atoms with Crippen molar-refractivity contribution in [3.63, 3.8) is 0 Å². The number of rotatable bonds is 7. The number of aliphatic hydroxyl groups excluding tert-OH is 1. The van der Waals surface area contributed by atoms with Gasteiger partial charge >= 0.3 is 0 Å². The van der Waals surface area contributed by atoms with Crippen molar-refractivity contribution in [1.82, 2.24) is 0 Å². The fourth-order valence-electron chi connectivity index (χ4n) is 1.40. The lowest BCUT2D eigenvalue weighted by molar-refractivity contribution is 0.0928. The van der Waals surface area contributed by atoms with E-state index in [1.54, 1.807) is 7.11 Å². The average Bonchev–Trinajstić information content (AvgIpc) is 2.40. The summed E-state index contributed by atoms with van der Waals surface area (Å²) in [5, 5.41) is 8.62. The highest BCUT2D eigenvalue weighted by atomic mass is 16.5. The van der Waals surface area contributed by atoms with Crippen molar-refractivity contribution in [2.24, 2.45) is 0 Å². The molecular formula is C15H20O3. The predicted molar refractivity (Wildman–Crippen MR) is 71.2 cm³/mol. The van der Waals surface area contributed by atoms with E-state index in [0.29, 0.717) is 19.6 Å². The molecule has 0 radical (unpaired) electrons. The van der Waals surface area contributed by atoms with Crippen molar-refractivity contribution >= 4 is 0 Å². The Bertz CT molecular complexity index is 373. The SMILES string of the molecule is COCCCOCc1ccc(C#CCCO)cc1. The molecule has 3 heteroatoms. The normalized spacial score (nSPS) is 9.89. The minimum absolute atomic E-state index is 0.112. The minimum atomic E-state index is 0.112. The van der Waals surface area contributed by atoms with E-state index >= 15 is 0 Å². The molecule has 0 aliphatic heterocycles. The van der Waals surface area contributed by atoms with Crippen molar-refractivity contribution in [1.29, 1.82) is 0 Å². The van der Waals surface area contributed by atoms with E-state index in [1.165, 1.54) is 0 Å². The molecule has 1 aromatic rings. The van der Waals surface area contributed by atoms with Crippen LogP contribution in [-0.2, 0) is 16.1 Å². The summed E-state index contributed by atoms with van der Waals surface area (Å²) in [6, 6.07) is 7.97. The van der Waals surface area contributed by atoms with Crippen LogP contribution in [0.2, 0.25) is 0 Å². The molecule has 0 aliphatic carbocycles. The van der Waals surface area contributed by atoms with Gasteiger partial charge in [0, 0.05) is 32.3 Å². The van der Waals surface area contributed by atoms with Crippen LogP contribution < -0.4 is 0 Å². The number of hydrogen-bond acceptors (Lipinski definition) is 3. The number of benzene rings is 1. The Hall–Kier alpha value is -1.34. The molecule has 18 heavy (non-hydrogen) atoms. The molecule has 0 saturated carbocycles. The molecule has 0 unspecified atom stereocenters. The zero-order valence-electron chi connectivity index (χ0n) is 10.8. The minimum Gasteiger partial charge on any atom is -0.395 e. The summed E-state index contributed by atoms with van der Waals surface area (Å²) >= 11 is 0. The van der Waals surface area contributed by atoms with E-state index in [2.05, 4.69) is 11.8 Å². The van der Waals surface area contributed by atoms with E-state index in [1.807, 2.05) is 24.3 Å². The molecule has 0 aromatic heterocycles. The van der Waals surface area contributed by atoms with Crippen molar-refractivity contribution in [3.8, 4) is 11.8 Å². The average molecular weight is 248 g/mol. The number of methoxy groups -OCH3 is 1. The molecule has 0 fully saturated rings. The molecule has 0 heterocycles. The van der Waals surface area contributed by atoms with Gasteiger partial charge in [0.2, 0.25) is 0 Å². The first kappa shape index (κ1) is 14.7. The van der Waals surface area contributed by atoms with Crippen LogP contribution in [0.5, 0.6) is 0 Å². The van der Waals surface area contributed by atoms with Crippen molar-refractivity contribution in [2.45, 2.75) is 19.4 Å². The molecule has 1 N–H and O–H groups in total. The number of hydrogen-bond donors (Lipinski definition) is 1. The van der Waals surface area contributed by atoms with Gasteiger partial charge in [-0.2, -0.15) is 0 Å². The third-order valence-electron chi connectivity index (χ3n) is 2.33. The van der Waals surface area contributed by atoms with Gasteiger partial charge in [0.15, 0.2) is 0 Å². The highest BCUT2D eigenvalue weighted by molar-refractivity contribution is 5.35. The zero-order chi connectivity index (χ0) is 13.1. The Kier molecular flexibility index (Phi) is 7.90. The molecule has 0 amide bonds. The third-order valence-corrected chi connectivity index (χ3v) is 2.33. The van der Waals surface area contributed by atoms with Gasteiger partial charge in [-0.3, -0.25) is 0 Å². The van der Waals surface area contributed by atoms with Gasteiger partial charge in [-0.15, -0.1) is 0 Å². The monoisotopic (exact) mass is 248 g/mol. The molecule has 0 atom stereocenters. The smallest absolute Gasteiger partial charge is 0.0716 e. The molecule has 3 nitrogen and oxygen atoms in total. The maximum Gasteiger partial charge on any atom is 0.0716 e. The quantitative estimate of drug-likeness (QED) is 0.592. The Balaban J connectivity index is 2.30. The van der Waals surface area contributed by atoms with Gasteiger partial charge in [0.05, 0.1) is 13.2 Å². The van der Waals surface area contributed by atoms with Gasteiger partial charge in [-0.25, -0.2) is 0 Å². The summed E-state index contributed by atoms with van der Waals surface area (Å²) in [6.45, 7) is 2.18. The van der Waals surface area contributed by atoms with Crippen molar-refractivity contribution in [3.05, 3.63) is 35.4 Å². The lowest BCUT2D eigenvalue weighted by Crippen LogP contribution is -1.99. The van der Waals surface area contributed by atoms with Gasteiger partial charge in [0.25, 0.3) is 0 Å². The molecule has 0 aliphatic rings. The summed E-state index contributed by atoms with van der Waals surface area (Å²) < 4.78 is 10.5. The number of aliphatic hydroxyl groups is 1. The van der Waals surface area contributed by atoms with Gasteiger partial charge in [-0.05, 0) is 24.1 Å². The second kappa shape index (κ2) is 9.67. The first-order valence-electron chi connectivity index (χ1n) is 6.12. The number of ether oxygens (including phenoxy) is 2. The summed E-state index contributed by atoms with van der Waals surface area (Å²) in [6.07, 6.45) is 1.44. The van der Waals surface area contributed by atoms with E-state index < -0.39 is 0 Å². The van der Waals surface area contributed by atoms with E-state index in [9.17, 15) is 0 Å². The van der Waals surface area contributed by atoms with Crippen molar-refractivity contribution < 1.29 is 14.6 Å². The standard InChI is InChI=1S/C15H20O3/c1-17-11-4-12-18-13-15-8-6-14(7-9-15)5-2-3-10-16/h6-9,16H,3-4,10-13H2,1H3. The first-order valence-corrected chi connectivity index (χ1v) is 6.12. The Morgan fingerprint density at radius 3 is 2.61 bits per heavy atom. The fraction of sp³-hybridized carbons (Fsp3) is 0.467. The highest BCUT2D eigenvalue weighted by Crippen LogP contribution is 2.05. The van der Waals surface area contributed by atoms with Crippen LogP contribution >= 0.6 is 0 Å². The largest absolute Gasteiger partial charge is 0.395 e. The molecule has 0 saturated heterocycles.